The van der Waals surface area contributed by atoms with Crippen molar-refractivity contribution in [3.05, 3.63) is 35.5 Å². The summed E-state index contributed by atoms with van der Waals surface area (Å²) in [5.41, 5.74) is 4.34. The van der Waals surface area contributed by atoms with Gasteiger partial charge in [0.15, 0.2) is 0 Å². The molecule has 0 aromatic rings. The lowest BCUT2D eigenvalue weighted by Crippen LogP contribution is -2.53. The number of hydrogen-bond donors (Lipinski definition) is 1. The van der Waals surface area contributed by atoms with E-state index in [1.54, 1.807) is 5.57 Å². The fourth-order valence-electron chi connectivity index (χ4n) is 6.54. The SMILES string of the molecule is C=C1CC/C(=C/C=C2\CCC[C@@]3(C)C2CC[C@@H]3CCN2CC(OCC(F)F)C2)C[C@H]1O. The first-order valence-electron chi connectivity index (χ1n) is 12.2. The molecule has 3 aliphatic carbocycles. The molecule has 174 valence electrons. The zero-order chi connectivity index (χ0) is 22.0. The Balaban J connectivity index is 1.29. The molecule has 1 saturated heterocycles. The van der Waals surface area contributed by atoms with Crippen LogP contribution in [0.3, 0.4) is 0 Å². The number of rotatable bonds is 7. The van der Waals surface area contributed by atoms with Crippen LogP contribution in [0.2, 0.25) is 0 Å². The van der Waals surface area contributed by atoms with E-state index in [1.807, 2.05) is 0 Å². The molecule has 0 aromatic heterocycles. The minimum atomic E-state index is -2.36. The summed E-state index contributed by atoms with van der Waals surface area (Å²) in [6.07, 6.45) is 12.2. The van der Waals surface area contributed by atoms with Crippen LogP contribution in [0.15, 0.2) is 35.5 Å². The van der Waals surface area contributed by atoms with Crippen molar-refractivity contribution >= 4 is 0 Å². The highest BCUT2D eigenvalue weighted by Crippen LogP contribution is 2.58. The third-order valence-electron chi connectivity index (χ3n) is 8.56. The van der Waals surface area contributed by atoms with Crippen LogP contribution < -0.4 is 0 Å². The van der Waals surface area contributed by atoms with E-state index < -0.39 is 13.0 Å². The molecule has 1 heterocycles. The number of ether oxygens (including phenoxy) is 1. The number of allylic oxidation sites excluding steroid dienone is 3. The van der Waals surface area contributed by atoms with Crippen molar-refractivity contribution in [2.24, 2.45) is 17.3 Å². The third kappa shape index (κ3) is 5.31. The lowest BCUT2D eigenvalue weighted by Gasteiger charge is -2.44. The van der Waals surface area contributed by atoms with Gasteiger partial charge in [-0.2, -0.15) is 0 Å². The molecular formula is C26H39F2NO2. The van der Waals surface area contributed by atoms with E-state index >= 15 is 0 Å². The molecule has 0 amide bonds. The first-order valence-corrected chi connectivity index (χ1v) is 12.2. The zero-order valence-electron chi connectivity index (χ0n) is 19.0. The Kier molecular flexibility index (Phi) is 7.34. The maximum atomic E-state index is 12.3. The molecule has 1 aliphatic heterocycles. The van der Waals surface area contributed by atoms with Crippen LogP contribution in [0.25, 0.3) is 0 Å². The second-order valence-electron chi connectivity index (χ2n) is 10.5. The van der Waals surface area contributed by atoms with Crippen LogP contribution in [0.1, 0.15) is 64.7 Å². The fourth-order valence-corrected chi connectivity index (χ4v) is 6.54. The van der Waals surface area contributed by atoms with Crippen molar-refractivity contribution in [1.29, 1.82) is 0 Å². The minimum absolute atomic E-state index is 0.00589. The summed E-state index contributed by atoms with van der Waals surface area (Å²) in [7, 11) is 0. The van der Waals surface area contributed by atoms with Gasteiger partial charge in [-0.05, 0) is 87.2 Å². The van der Waals surface area contributed by atoms with Crippen LogP contribution in [0.4, 0.5) is 8.78 Å². The number of halogens is 2. The Labute approximate surface area is 186 Å². The van der Waals surface area contributed by atoms with Crippen LogP contribution in [-0.4, -0.2) is 54.9 Å². The van der Waals surface area contributed by atoms with Crippen molar-refractivity contribution in [1.82, 2.24) is 4.90 Å². The topological polar surface area (TPSA) is 32.7 Å². The molecule has 4 rings (SSSR count). The van der Waals surface area contributed by atoms with Crippen LogP contribution >= 0.6 is 0 Å². The second kappa shape index (κ2) is 9.84. The molecule has 1 unspecified atom stereocenters. The number of aliphatic hydroxyl groups is 1. The summed E-state index contributed by atoms with van der Waals surface area (Å²) in [6.45, 7) is 8.71. The van der Waals surface area contributed by atoms with Gasteiger partial charge < -0.3 is 9.84 Å². The molecule has 0 radical (unpaired) electrons. The molecule has 4 fully saturated rings. The van der Waals surface area contributed by atoms with Gasteiger partial charge >= 0.3 is 0 Å². The van der Waals surface area contributed by atoms with E-state index in [0.717, 1.165) is 50.4 Å². The van der Waals surface area contributed by atoms with Crippen molar-refractivity contribution in [3.63, 3.8) is 0 Å². The molecular weight excluding hydrogens is 396 g/mol. The predicted molar refractivity (Wildman–Crippen MR) is 120 cm³/mol. The summed E-state index contributed by atoms with van der Waals surface area (Å²) in [5.74, 6) is 1.43. The molecule has 0 aromatic carbocycles. The monoisotopic (exact) mass is 435 g/mol. The lowest BCUT2D eigenvalue weighted by molar-refractivity contribution is -0.0897. The molecule has 31 heavy (non-hydrogen) atoms. The minimum Gasteiger partial charge on any atom is -0.388 e. The van der Waals surface area contributed by atoms with Gasteiger partial charge in [0.25, 0.3) is 6.43 Å². The standard InChI is InChI=1S/C26H39F2NO2/c1-18-5-6-19(14-24(18)30)7-8-20-4-3-12-26(2)21(9-10-23(20)26)11-13-29-15-22(16-29)31-17-25(27)28/h7-8,21-25,30H,1,3-6,9-17H2,2H3/b19-7-,20-8+/t21-,23?,24-,26-/m1/s1. The highest BCUT2D eigenvalue weighted by molar-refractivity contribution is 5.27. The van der Waals surface area contributed by atoms with Crippen molar-refractivity contribution in [2.75, 3.05) is 26.2 Å². The maximum absolute atomic E-state index is 12.3. The van der Waals surface area contributed by atoms with Gasteiger partial charge in [-0.3, -0.25) is 4.90 Å². The number of aliphatic hydroxyl groups excluding tert-OH is 1. The molecule has 5 heteroatoms. The van der Waals surface area contributed by atoms with E-state index in [1.165, 1.54) is 44.1 Å². The van der Waals surface area contributed by atoms with E-state index in [4.69, 9.17) is 4.74 Å². The number of nitrogens with zero attached hydrogens (tertiary/aromatic N) is 1. The Morgan fingerprint density at radius 3 is 2.77 bits per heavy atom. The molecule has 0 spiro atoms. The highest BCUT2D eigenvalue weighted by Gasteiger charge is 2.49. The highest BCUT2D eigenvalue weighted by atomic mass is 19.3. The zero-order valence-corrected chi connectivity index (χ0v) is 19.0. The van der Waals surface area contributed by atoms with Gasteiger partial charge in [0.05, 0.1) is 12.2 Å². The van der Waals surface area contributed by atoms with E-state index in [0.29, 0.717) is 11.3 Å². The molecule has 3 saturated carbocycles. The van der Waals surface area contributed by atoms with Crippen LogP contribution in [-0.2, 0) is 4.74 Å². The van der Waals surface area contributed by atoms with Gasteiger partial charge in [-0.15, -0.1) is 0 Å². The summed E-state index contributed by atoms with van der Waals surface area (Å²) in [5, 5.41) is 10.1. The predicted octanol–water partition coefficient (Wildman–Crippen LogP) is 5.51. The van der Waals surface area contributed by atoms with Crippen molar-refractivity contribution < 1.29 is 18.6 Å². The summed E-state index contributed by atoms with van der Waals surface area (Å²) >= 11 is 0. The summed E-state index contributed by atoms with van der Waals surface area (Å²) < 4.78 is 29.8. The molecule has 3 nitrogen and oxygen atoms in total. The normalized spacial score (nSPS) is 37.6. The molecule has 1 N–H and O–H groups in total. The number of fused-ring (bicyclic) bond motifs is 1. The van der Waals surface area contributed by atoms with Crippen molar-refractivity contribution in [2.45, 2.75) is 83.3 Å². The number of alkyl halides is 2. The fraction of sp³-hybridized carbons (Fsp3) is 0.769. The smallest absolute Gasteiger partial charge is 0.261 e. The van der Waals surface area contributed by atoms with E-state index in [-0.39, 0.29) is 12.2 Å². The van der Waals surface area contributed by atoms with E-state index in [9.17, 15) is 13.9 Å². The first kappa shape index (κ1) is 23.1. The Morgan fingerprint density at radius 2 is 2.03 bits per heavy atom. The Bertz CT molecular complexity index is 712. The first-order chi connectivity index (χ1) is 14.8. The number of hydrogen-bond acceptors (Lipinski definition) is 3. The van der Waals surface area contributed by atoms with Gasteiger partial charge in [0, 0.05) is 13.1 Å². The van der Waals surface area contributed by atoms with E-state index in [2.05, 4.69) is 30.6 Å². The van der Waals surface area contributed by atoms with Crippen molar-refractivity contribution in [3.8, 4) is 0 Å². The average molecular weight is 436 g/mol. The summed E-state index contributed by atoms with van der Waals surface area (Å²) in [6, 6.07) is 0. The molecule has 4 aliphatic rings. The van der Waals surface area contributed by atoms with Gasteiger partial charge in [0.1, 0.15) is 6.61 Å². The largest absolute Gasteiger partial charge is 0.388 e. The van der Waals surface area contributed by atoms with Gasteiger partial charge in [0.2, 0.25) is 0 Å². The second-order valence-corrected chi connectivity index (χ2v) is 10.5. The Morgan fingerprint density at radius 1 is 1.23 bits per heavy atom. The molecule has 0 bridgehead atoms. The van der Waals surface area contributed by atoms with Crippen LogP contribution in [0.5, 0.6) is 0 Å². The molecule has 4 atom stereocenters. The van der Waals surface area contributed by atoms with Gasteiger partial charge in [-0.1, -0.05) is 36.8 Å². The maximum Gasteiger partial charge on any atom is 0.261 e. The van der Waals surface area contributed by atoms with Gasteiger partial charge in [-0.25, -0.2) is 8.78 Å². The quantitative estimate of drug-likeness (QED) is 0.535. The van der Waals surface area contributed by atoms with Crippen LogP contribution in [0, 0.1) is 17.3 Å². The summed E-state index contributed by atoms with van der Waals surface area (Å²) in [4.78, 5) is 2.36. The number of likely N-dealkylation sites (tertiary alicyclic amines) is 1. The third-order valence-corrected chi connectivity index (χ3v) is 8.56. The average Bonchev–Trinajstić information content (AvgIpc) is 3.04. The Hall–Kier alpha value is -1.04. The lowest BCUT2D eigenvalue weighted by atomic mass is 9.63.